The Balaban J connectivity index is 0.00000161. The SMILES string of the molecule is Cl.O=C(Oc1ccc2c(c1)CNCCO2)c1ccccc1. The van der Waals surface area contributed by atoms with Crippen LogP contribution in [0.2, 0.25) is 0 Å². The zero-order valence-electron chi connectivity index (χ0n) is 11.4. The Morgan fingerprint density at radius 2 is 1.95 bits per heavy atom. The second kappa shape index (κ2) is 7.11. The molecule has 1 aliphatic rings. The summed E-state index contributed by atoms with van der Waals surface area (Å²) in [4.78, 5) is 12.0. The van der Waals surface area contributed by atoms with Crippen LogP contribution < -0.4 is 14.8 Å². The fourth-order valence-corrected chi connectivity index (χ4v) is 2.09. The van der Waals surface area contributed by atoms with Gasteiger partial charge >= 0.3 is 5.97 Å². The third kappa shape index (κ3) is 3.74. The van der Waals surface area contributed by atoms with Gasteiger partial charge in [-0.3, -0.25) is 0 Å². The molecular formula is C16H16ClNO3. The number of fused-ring (bicyclic) bond motifs is 1. The number of benzene rings is 2. The van der Waals surface area contributed by atoms with Crippen LogP contribution in [0.15, 0.2) is 48.5 Å². The van der Waals surface area contributed by atoms with E-state index in [9.17, 15) is 4.79 Å². The van der Waals surface area contributed by atoms with Crippen molar-refractivity contribution in [3.63, 3.8) is 0 Å². The number of hydrogen-bond donors (Lipinski definition) is 1. The number of carbonyl (C=O) groups excluding carboxylic acids is 1. The fourth-order valence-electron chi connectivity index (χ4n) is 2.09. The van der Waals surface area contributed by atoms with Crippen molar-refractivity contribution in [3.05, 3.63) is 59.7 Å². The maximum absolute atomic E-state index is 12.0. The number of rotatable bonds is 2. The maximum Gasteiger partial charge on any atom is 0.343 e. The Morgan fingerprint density at radius 3 is 2.76 bits per heavy atom. The van der Waals surface area contributed by atoms with Gasteiger partial charge in [-0.1, -0.05) is 18.2 Å². The van der Waals surface area contributed by atoms with Crippen LogP contribution in [0.5, 0.6) is 11.5 Å². The van der Waals surface area contributed by atoms with E-state index in [1.165, 1.54) is 0 Å². The summed E-state index contributed by atoms with van der Waals surface area (Å²) in [5.74, 6) is 1.02. The highest BCUT2D eigenvalue weighted by Gasteiger charge is 2.12. The molecule has 21 heavy (non-hydrogen) atoms. The maximum atomic E-state index is 12.0. The monoisotopic (exact) mass is 305 g/mol. The smallest absolute Gasteiger partial charge is 0.343 e. The summed E-state index contributed by atoms with van der Waals surface area (Å²) >= 11 is 0. The Labute approximate surface area is 129 Å². The van der Waals surface area contributed by atoms with E-state index in [1.54, 1.807) is 18.2 Å². The summed E-state index contributed by atoms with van der Waals surface area (Å²) in [5, 5.41) is 3.25. The topological polar surface area (TPSA) is 47.6 Å². The van der Waals surface area contributed by atoms with Crippen LogP contribution in [0, 0.1) is 0 Å². The van der Waals surface area contributed by atoms with Gasteiger partial charge < -0.3 is 14.8 Å². The lowest BCUT2D eigenvalue weighted by atomic mass is 10.2. The first-order valence-corrected chi connectivity index (χ1v) is 6.56. The molecule has 3 rings (SSSR count). The van der Waals surface area contributed by atoms with E-state index in [-0.39, 0.29) is 18.4 Å². The largest absolute Gasteiger partial charge is 0.492 e. The van der Waals surface area contributed by atoms with Gasteiger partial charge in [0.1, 0.15) is 18.1 Å². The molecule has 0 unspecified atom stereocenters. The van der Waals surface area contributed by atoms with Gasteiger partial charge in [-0.05, 0) is 30.3 Å². The third-order valence-electron chi connectivity index (χ3n) is 3.10. The van der Waals surface area contributed by atoms with Crippen molar-refractivity contribution in [2.75, 3.05) is 13.2 Å². The van der Waals surface area contributed by atoms with Crippen molar-refractivity contribution in [1.82, 2.24) is 5.32 Å². The van der Waals surface area contributed by atoms with Crippen LogP contribution in [0.1, 0.15) is 15.9 Å². The summed E-state index contributed by atoms with van der Waals surface area (Å²) in [6.45, 7) is 2.18. The van der Waals surface area contributed by atoms with E-state index >= 15 is 0 Å². The first kappa shape index (κ1) is 15.4. The summed E-state index contributed by atoms with van der Waals surface area (Å²) in [6.07, 6.45) is 0. The Bertz CT molecular complexity index is 616. The van der Waals surface area contributed by atoms with Crippen molar-refractivity contribution < 1.29 is 14.3 Å². The lowest BCUT2D eigenvalue weighted by Crippen LogP contribution is -2.16. The molecule has 2 aromatic rings. The molecule has 4 nitrogen and oxygen atoms in total. The van der Waals surface area contributed by atoms with E-state index in [1.807, 2.05) is 30.3 Å². The minimum atomic E-state index is -0.354. The lowest BCUT2D eigenvalue weighted by Gasteiger charge is -2.09. The zero-order chi connectivity index (χ0) is 13.8. The van der Waals surface area contributed by atoms with Gasteiger partial charge in [0.15, 0.2) is 0 Å². The summed E-state index contributed by atoms with van der Waals surface area (Å²) in [7, 11) is 0. The number of esters is 1. The molecule has 1 N–H and O–H groups in total. The van der Waals surface area contributed by atoms with Gasteiger partial charge in [0.2, 0.25) is 0 Å². The molecule has 0 bridgehead atoms. The average molecular weight is 306 g/mol. The predicted octanol–water partition coefficient (Wildman–Crippen LogP) is 2.81. The highest BCUT2D eigenvalue weighted by molar-refractivity contribution is 5.91. The van der Waals surface area contributed by atoms with Gasteiger partial charge in [-0.25, -0.2) is 4.79 Å². The molecule has 0 spiro atoms. The summed E-state index contributed by atoms with van der Waals surface area (Å²) in [6, 6.07) is 14.4. The molecule has 0 saturated heterocycles. The van der Waals surface area contributed by atoms with E-state index in [0.29, 0.717) is 24.5 Å². The number of ether oxygens (including phenoxy) is 2. The number of hydrogen-bond acceptors (Lipinski definition) is 4. The molecule has 2 aromatic carbocycles. The van der Waals surface area contributed by atoms with Gasteiger partial charge in [-0.15, -0.1) is 12.4 Å². The Kier molecular flexibility index (Phi) is 5.20. The minimum absolute atomic E-state index is 0. The van der Waals surface area contributed by atoms with E-state index in [0.717, 1.165) is 17.9 Å². The lowest BCUT2D eigenvalue weighted by molar-refractivity contribution is 0.0734. The minimum Gasteiger partial charge on any atom is -0.492 e. The number of halogens is 1. The summed E-state index contributed by atoms with van der Waals surface area (Å²) in [5.41, 5.74) is 1.54. The van der Waals surface area contributed by atoms with E-state index in [4.69, 9.17) is 9.47 Å². The summed E-state index contributed by atoms with van der Waals surface area (Å²) < 4.78 is 11.0. The predicted molar refractivity (Wildman–Crippen MR) is 82.3 cm³/mol. The van der Waals surface area contributed by atoms with Crippen LogP contribution in [-0.4, -0.2) is 19.1 Å². The molecule has 0 radical (unpaired) electrons. The molecule has 1 heterocycles. The first-order chi connectivity index (χ1) is 9.83. The van der Waals surface area contributed by atoms with Crippen molar-refractivity contribution >= 4 is 18.4 Å². The molecule has 0 aliphatic carbocycles. The van der Waals surface area contributed by atoms with Gasteiger partial charge in [-0.2, -0.15) is 0 Å². The fraction of sp³-hybridized carbons (Fsp3) is 0.188. The molecule has 5 heteroatoms. The second-order valence-corrected chi connectivity index (χ2v) is 4.55. The van der Waals surface area contributed by atoms with Crippen LogP contribution >= 0.6 is 12.4 Å². The van der Waals surface area contributed by atoms with Crippen molar-refractivity contribution in [2.24, 2.45) is 0 Å². The Morgan fingerprint density at radius 1 is 1.14 bits per heavy atom. The average Bonchev–Trinajstić information content (AvgIpc) is 2.73. The van der Waals surface area contributed by atoms with Crippen molar-refractivity contribution in [2.45, 2.75) is 6.54 Å². The van der Waals surface area contributed by atoms with Gasteiger partial charge in [0.05, 0.1) is 5.56 Å². The van der Waals surface area contributed by atoms with Crippen LogP contribution in [0.25, 0.3) is 0 Å². The molecule has 0 saturated carbocycles. The van der Waals surface area contributed by atoms with Crippen LogP contribution in [-0.2, 0) is 6.54 Å². The van der Waals surface area contributed by atoms with Gasteiger partial charge in [0.25, 0.3) is 0 Å². The zero-order valence-corrected chi connectivity index (χ0v) is 12.2. The van der Waals surface area contributed by atoms with Crippen molar-refractivity contribution in [3.8, 4) is 11.5 Å². The standard InChI is InChI=1S/C16H15NO3.ClH/c18-16(12-4-2-1-3-5-12)20-14-6-7-15-13(10-14)11-17-8-9-19-15;/h1-7,10,17H,8-9,11H2;1H. The molecule has 0 fully saturated rings. The van der Waals surface area contributed by atoms with Crippen LogP contribution in [0.3, 0.4) is 0 Å². The first-order valence-electron chi connectivity index (χ1n) is 6.56. The van der Waals surface area contributed by atoms with Crippen molar-refractivity contribution in [1.29, 1.82) is 0 Å². The molecular weight excluding hydrogens is 290 g/mol. The highest BCUT2D eigenvalue weighted by atomic mass is 35.5. The Hall–Kier alpha value is -2.04. The molecule has 0 aromatic heterocycles. The highest BCUT2D eigenvalue weighted by Crippen LogP contribution is 2.25. The van der Waals surface area contributed by atoms with Crippen LogP contribution in [0.4, 0.5) is 0 Å². The second-order valence-electron chi connectivity index (χ2n) is 4.55. The third-order valence-corrected chi connectivity index (χ3v) is 3.10. The molecule has 0 atom stereocenters. The molecule has 110 valence electrons. The quantitative estimate of drug-likeness (QED) is 0.684. The molecule has 0 amide bonds. The van der Waals surface area contributed by atoms with E-state index < -0.39 is 0 Å². The number of carbonyl (C=O) groups is 1. The molecule has 1 aliphatic heterocycles. The number of nitrogens with one attached hydrogen (secondary N) is 1. The normalized spacial score (nSPS) is 13.1. The van der Waals surface area contributed by atoms with Gasteiger partial charge in [0, 0.05) is 18.7 Å². The van der Waals surface area contributed by atoms with E-state index in [2.05, 4.69) is 5.32 Å².